The summed E-state index contributed by atoms with van der Waals surface area (Å²) in [7, 11) is 2.10. The molecule has 0 saturated heterocycles. The van der Waals surface area contributed by atoms with Crippen LogP contribution >= 0.6 is 11.8 Å². The molecule has 116 valence electrons. The third kappa shape index (κ3) is 3.58. The SMILES string of the molecule is CCCNc1nc(N(C)C(CC)CSC)c2cn[nH]c2n1. The molecule has 0 spiro atoms. The van der Waals surface area contributed by atoms with Crippen LogP contribution in [0, 0.1) is 0 Å². The highest BCUT2D eigenvalue weighted by Crippen LogP contribution is 2.26. The Bertz CT molecular complexity index is 570. The third-order valence-electron chi connectivity index (χ3n) is 3.53. The smallest absolute Gasteiger partial charge is 0.226 e. The number of hydrogen-bond acceptors (Lipinski definition) is 6. The first-order valence-electron chi connectivity index (χ1n) is 7.38. The third-order valence-corrected chi connectivity index (χ3v) is 4.25. The van der Waals surface area contributed by atoms with Crippen molar-refractivity contribution < 1.29 is 0 Å². The Morgan fingerprint density at radius 3 is 2.86 bits per heavy atom. The Labute approximate surface area is 130 Å². The van der Waals surface area contributed by atoms with E-state index in [9.17, 15) is 0 Å². The molecule has 0 aromatic carbocycles. The van der Waals surface area contributed by atoms with Crippen LogP contribution in [0.3, 0.4) is 0 Å². The summed E-state index contributed by atoms with van der Waals surface area (Å²) in [4.78, 5) is 11.4. The van der Waals surface area contributed by atoms with Gasteiger partial charge in [0.2, 0.25) is 5.95 Å². The lowest BCUT2D eigenvalue weighted by molar-refractivity contribution is 0.668. The molecule has 2 N–H and O–H groups in total. The molecule has 0 bridgehead atoms. The fourth-order valence-corrected chi connectivity index (χ4v) is 3.12. The van der Waals surface area contributed by atoms with E-state index in [4.69, 9.17) is 4.98 Å². The molecule has 0 amide bonds. The Kier molecular flexibility index (Phi) is 5.67. The number of aromatic nitrogens is 4. The van der Waals surface area contributed by atoms with Gasteiger partial charge in [-0.25, -0.2) is 0 Å². The van der Waals surface area contributed by atoms with Crippen molar-refractivity contribution in [2.24, 2.45) is 0 Å². The fourth-order valence-electron chi connectivity index (χ4n) is 2.27. The maximum Gasteiger partial charge on any atom is 0.226 e. The monoisotopic (exact) mass is 308 g/mol. The van der Waals surface area contributed by atoms with Crippen molar-refractivity contribution in [3.63, 3.8) is 0 Å². The standard InChI is InChI=1S/C14H24N6S/c1-5-7-15-14-17-12-11(8-16-19-12)13(18-14)20(3)10(6-2)9-21-4/h8,10H,5-7,9H2,1-4H3,(H2,15,16,17,18,19). The molecule has 2 heterocycles. The predicted molar refractivity (Wildman–Crippen MR) is 91.3 cm³/mol. The number of nitrogens with one attached hydrogen (secondary N) is 2. The van der Waals surface area contributed by atoms with E-state index in [1.807, 2.05) is 11.8 Å². The van der Waals surface area contributed by atoms with Gasteiger partial charge < -0.3 is 10.2 Å². The van der Waals surface area contributed by atoms with Crippen molar-refractivity contribution in [2.45, 2.75) is 32.7 Å². The number of nitrogens with zero attached hydrogens (tertiary/aromatic N) is 4. The number of H-pyrrole nitrogens is 1. The highest BCUT2D eigenvalue weighted by Gasteiger charge is 2.19. The number of hydrogen-bond donors (Lipinski definition) is 2. The first-order valence-corrected chi connectivity index (χ1v) is 8.77. The minimum Gasteiger partial charge on any atom is -0.355 e. The largest absolute Gasteiger partial charge is 0.355 e. The van der Waals surface area contributed by atoms with E-state index in [0.717, 1.165) is 42.0 Å². The van der Waals surface area contributed by atoms with Gasteiger partial charge in [-0.05, 0) is 19.1 Å². The average Bonchev–Trinajstić information content (AvgIpc) is 2.97. The normalized spacial score (nSPS) is 12.6. The molecule has 0 aliphatic rings. The molecule has 2 aromatic heterocycles. The van der Waals surface area contributed by atoms with Gasteiger partial charge in [0.15, 0.2) is 5.65 Å². The lowest BCUT2D eigenvalue weighted by Crippen LogP contribution is -2.34. The van der Waals surface area contributed by atoms with E-state index in [1.54, 1.807) is 6.20 Å². The average molecular weight is 308 g/mol. The molecule has 0 radical (unpaired) electrons. The predicted octanol–water partition coefficient (Wildman–Crippen LogP) is 2.75. The second-order valence-electron chi connectivity index (χ2n) is 5.06. The summed E-state index contributed by atoms with van der Waals surface area (Å²) < 4.78 is 0. The molecular formula is C14H24N6S. The molecule has 0 saturated carbocycles. The van der Waals surface area contributed by atoms with Gasteiger partial charge in [-0.2, -0.15) is 26.8 Å². The Morgan fingerprint density at radius 2 is 2.19 bits per heavy atom. The fraction of sp³-hybridized carbons (Fsp3) is 0.643. The molecular weight excluding hydrogens is 284 g/mol. The zero-order chi connectivity index (χ0) is 15.2. The maximum absolute atomic E-state index is 4.70. The second-order valence-corrected chi connectivity index (χ2v) is 5.97. The Hall–Kier alpha value is -1.50. The molecule has 0 aliphatic heterocycles. The van der Waals surface area contributed by atoms with Crippen LogP contribution in [0.25, 0.3) is 11.0 Å². The van der Waals surface area contributed by atoms with Crippen molar-refractivity contribution >= 4 is 34.6 Å². The van der Waals surface area contributed by atoms with Crippen LogP contribution in [0.15, 0.2) is 6.20 Å². The van der Waals surface area contributed by atoms with Gasteiger partial charge in [0.05, 0.1) is 11.6 Å². The summed E-state index contributed by atoms with van der Waals surface area (Å²) in [6.45, 7) is 5.20. The molecule has 0 fully saturated rings. The molecule has 2 aromatic rings. The van der Waals surface area contributed by atoms with E-state index in [1.165, 1.54) is 0 Å². The number of aromatic amines is 1. The Balaban J connectivity index is 2.37. The van der Waals surface area contributed by atoms with Crippen molar-refractivity contribution in [3.05, 3.63) is 6.20 Å². The topological polar surface area (TPSA) is 69.7 Å². The number of thioether (sulfide) groups is 1. The van der Waals surface area contributed by atoms with Gasteiger partial charge in [0, 0.05) is 25.4 Å². The maximum atomic E-state index is 4.70. The van der Waals surface area contributed by atoms with E-state index < -0.39 is 0 Å². The van der Waals surface area contributed by atoms with Gasteiger partial charge >= 0.3 is 0 Å². The molecule has 0 aliphatic carbocycles. The zero-order valence-electron chi connectivity index (χ0n) is 13.2. The molecule has 21 heavy (non-hydrogen) atoms. The van der Waals surface area contributed by atoms with Crippen LogP contribution in [0.2, 0.25) is 0 Å². The minimum absolute atomic E-state index is 0.451. The highest BCUT2D eigenvalue weighted by molar-refractivity contribution is 7.98. The quantitative estimate of drug-likeness (QED) is 0.781. The van der Waals surface area contributed by atoms with Gasteiger partial charge in [0.1, 0.15) is 5.82 Å². The van der Waals surface area contributed by atoms with Gasteiger partial charge in [-0.3, -0.25) is 5.10 Å². The second kappa shape index (κ2) is 7.49. The lowest BCUT2D eigenvalue weighted by atomic mass is 10.2. The van der Waals surface area contributed by atoms with Crippen LogP contribution in [0.1, 0.15) is 26.7 Å². The summed E-state index contributed by atoms with van der Waals surface area (Å²) in [6, 6.07) is 0.451. The van der Waals surface area contributed by atoms with Gasteiger partial charge in [-0.15, -0.1) is 0 Å². The summed E-state index contributed by atoms with van der Waals surface area (Å²) >= 11 is 1.86. The first-order chi connectivity index (χ1) is 10.2. The summed E-state index contributed by atoms with van der Waals surface area (Å²) in [6.07, 6.45) is 6.06. The van der Waals surface area contributed by atoms with E-state index in [0.29, 0.717) is 12.0 Å². The van der Waals surface area contributed by atoms with Crippen LogP contribution in [-0.2, 0) is 0 Å². The van der Waals surface area contributed by atoms with Gasteiger partial charge in [-0.1, -0.05) is 13.8 Å². The summed E-state index contributed by atoms with van der Waals surface area (Å²) in [5.41, 5.74) is 0.782. The van der Waals surface area contributed by atoms with E-state index in [-0.39, 0.29) is 0 Å². The summed E-state index contributed by atoms with van der Waals surface area (Å²) in [5.74, 6) is 2.68. The molecule has 1 unspecified atom stereocenters. The van der Waals surface area contributed by atoms with Crippen LogP contribution in [-0.4, -0.2) is 51.8 Å². The van der Waals surface area contributed by atoms with E-state index >= 15 is 0 Å². The molecule has 2 rings (SSSR count). The van der Waals surface area contributed by atoms with Crippen molar-refractivity contribution in [1.82, 2.24) is 20.2 Å². The van der Waals surface area contributed by atoms with Gasteiger partial charge in [0.25, 0.3) is 0 Å². The highest BCUT2D eigenvalue weighted by atomic mass is 32.2. The van der Waals surface area contributed by atoms with Crippen molar-refractivity contribution in [1.29, 1.82) is 0 Å². The Morgan fingerprint density at radius 1 is 1.38 bits per heavy atom. The van der Waals surface area contributed by atoms with E-state index in [2.05, 4.69) is 52.5 Å². The molecule has 1 atom stereocenters. The number of fused-ring (bicyclic) bond motifs is 1. The minimum atomic E-state index is 0.451. The summed E-state index contributed by atoms with van der Waals surface area (Å²) in [5, 5.41) is 11.3. The zero-order valence-corrected chi connectivity index (χ0v) is 14.0. The number of rotatable bonds is 8. The first kappa shape index (κ1) is 15.9. The van der Waals surface area contributed by atoms with Crippen molar-refractivity contribution in [3.8, 4) is 0 Å². The van der Waals surface area contributed by atoms with Crippen molar-refractivity contribution in [2.75, 3.05) is 35.8 Å². The van der Waals surface area contributed by atoms with Crippen LogP contribution in [0.5, 0.6) is 0 Å². The molecule has 7 heteroatoms. The van der Waals surface area contributed by atoms with Crippen LogP contribution in [0.4, 0.5) is 11.8 Å². The van der Waals surface area contributed by atoms with Crippen LogP contribution < -0.4 is 10.2 Å². The molecule has 6 nitrogen and oxygen atoms in total. The number of anilines is 2. The lowest BCUT2D eigenvalue weighted by Gasteiger charge is -2.28.